The number of aryl methyl sites for hydroxylation is 2. The largest absolute Gasteiger partial charge is 0.198 e. The van der Waals surface area contributed by atoms with Crippen molar-refractivity contribution in [2.75, 3.05) is 0 Å². The van der Waals surface area contributed by atoms with E-state index in [9.17, 15) is 0 Å². The maximum absolute atomic E-state index is 2.31. The number of aromatic nitrogens is 1. The fraction of sp³-hybridized carbons (Fsp3) is 0.267. The van der Waals surface area contributed by atoms with Gasteiger partial charge in [-0.25, -0.2) is 0 Å². The minimum absolute atomic E-state index is 0.959. The molecule has 0 unspecified atom stereocenters. The summed E-state index contributed by atoms with van der Waals surface area (Å²) in [5, 5.41) is 0. The van der Waals surface area contributed by atoms with Crippen LogP contribution in [-0.2, 0) is 13.0 Å². The standard InChI is InChI=1S/C15H18N/c1-3-14-10-9-13(2)16(11-14)12-15-7-5-4-6-8-15/h4-11H,3,12H2,1-2H3/q+1. The minimum Gasteiger partial charge on any atom is -0.198 e. The lowest BCUT2D eigenvalue weighted by Crippen LogP contribution is -2.37. The Morgan fingerprint density at radius 2 is 1.69 bits per heavy atom. The molecule has 1 aromatic carbocycles. The molecule has 1 heteroatoms. The molecule has 82 valence electrons. The van der Waals surface area contributed by atoms with E-state index in [0.717, 1.165) is 13.0 Å². The Morgan fingerprint density at radius 1 is 0.938 bits per heavy atom. The Bertz CT molecular complexity index is 460. The van der Waals surface area contributed by atoms with E-state index in [1.807, 2.05) is 0 Å². The van der Waals surface area contributed by atoms with Crippen LogP contribution in [0.25, 0.3) is 0 Å². The van der Waals surface area contributed by atoms with Crippen LogP contribution in [0.1, 0.15) is 23.7 Å². The van der Waals surface area contributed by atoms with Crippen molar-refractivity contribution >= 4 is 0 Å². The molecule has 0 amide bonds. The van der Waals surface area contributed by atoms with Gasteiger partial charge in [0, 0.05) is 24.1 Å². The normalized spacial score (nSPS) is 10.4. The zero-order valence-electron chi connectivity index (χ0n) is 9.98. The van der Waals surface area contributed by atoms with E-state index in [0.29, 0.717) is 0 Å². The molecule has 0 aliphatic heterocycles. The molecule has 1 heterocycles. The third kappa shape index (κ3) is 2.48. The molecule has 0 bridgehead atoms. The molecule has 0 aliphatic carbocycles. The first-order valence-electron chi connectivity index (χ1n) is 5.82. The zero-order chi connectivity index (χ0) is 11.4. The van der Waals surface area contributed by atoms with Gasteiger partial charge in [-0.1, -0.05) is 37.3 Å². The average molecular weight is 212 g/mol. The Morgan fingerprint density at radius 3 is 2.38 bits per heavy atom. The number of benzene rings is 1. The number of rotatable bonds is 3. The summed E-state index contributed by atoms with van der Waals surface area (Å²) in [6.07, 6.45) is 3.34. The number of nitrogens with zero attached hydrogens (tertiary/aromatic N) is 1. The predicted octanol–water partition coefficient (Wildman–Crippen LogP) is 2.89. The highest BCUT2D eigenvalue weighted by Gasteiger charge is 2.07. The van der Waals surface area contributed by atoms with Crippen LogP contribution in [0, 0.1) is 6.92 Å². The number of pyridine rings is 1. The maximum atomic E-state index is 2.31. The molecule has 2 rings (SSSR count). The van der Waals surface area contributed by atoms with Crippen molar-refractivity contribution in [1.82, 2.24) is 0 Å². The molecule has 0 atom stereocenters. The van der Waals surface area contributed by atoms with E-state index in [-0.39, 0.29) is 0 Å². The molecule has 1 nitrogen and oxygen atoms in total. The average Bonchev–Trinajstić information content (AvgIpc) is 2.33. The van der Waals surface area contributed by atoms with Crippen LogP contribution in [0.15, 0.2) is 48.7 Å². The second-order valence-electron chi connectivity index (χ2n) is 4.15. The van der Waals surface area contributed by atoms with Gasteiger partial charge in [-0.15, -0.1) is 0 Å². The molecule has 0 radical (unpaired) electrons. The quantitative estimate of drug-likeness (QED) is 0.689. The molecule has 1 aromatic heterocycles. The molecule has 0 spiro atoms. The van der Waals surface area contributed by atoms with E-state index in [2.05, 4.69) is 67.1 Å². The summed E-state index contributed by atoms with van der Waals surface area (Å²) in [6, 6.07) is 15.0. The number of hydrogen-bond acceptors (Lipinski definition) is 0. The Kier molecular flexibility index (Phi) is 3.35. The van der Waals surface area contributed by atoms with Crippen LogP contribution < -0.4 is 4.57 Å². The lowest BCUT2D eigenvalue weighted by atomic mass is 10.2. The second-order valence-corrected chi connectivity index (χ2v) is 4.15. The highest BCUT2D eigenvalue weighted by Crippen LogP contribution is 2.02. The number of hydrogen-bond donors (Lipinski definition) is 0. The smallest absolute Gasteiger partial charge is 0.178 e. The SMILES string of the molecule is CCc1ccc(C)[n+](Cc2ccccc2)c1. The molecular formula is C15H18N+. The molecule has 0 aliphatic rings. The first-order chi connectivity index (χ1) is 7.79. The first-order valence-corrected chi connectivity index (χ1v) is 5.82. The summed E-state index contributed by atoms with van der Waals surface area (Å²) in [6.45, 7) is 5.31. The molecule has 0 N–H and O–H groups in total. The summed E-state index contributed by atoms with van der Waals surface area (Å²) in [5.41, 5.74) is 4.05. The van der Waals surface area contributed by atoms with E-state index in [1.165, 1.54) is 16.8 Å². The van der Waals surface area contributed by atoms with Gasteiger partial charge in [0.05, 0.1) is 0 Å². The van der Waals surface area contributed by atoms with Crippen molar-refractivity contribution in [1.29, 1.82) is 0 Å². The van der Waals surface area contributed by atoms with Crippen LogP contribution in [0.5, 0.6) is 0 Å². The van der Waals surface area contributed by atoms with Gasteiger partial charge in [0.2, 0.25) is 0 Å². The molecular weight excluding hydrogens is 194 g/mol. The van der Waals surface area contributed by atoms with Crippen molar-refractivity contribution in [3.05, 3.63) is 65.5 Å². The fourth-order valence-electron chi connectivity index (χ4n) is 1.83. The third-order valence-corrected chi connectivity index (χ3v) is 2.92. The highest BCUT2D eigenvalue weighted by atomic mass is 14.9. The van der Waals surface area contributed by atoms with Crippen molar-refractivity contribution in [2.24, 2.45) is 0 Å². The summed E-state index contributed by atoms with van der Waals surface area (Å²) in [7, 11) is 0. The van der Waals surface area contributed by atoms with Gasteiger partial charge in [-0.05, 0) is 12.5 Å². The predicted molar refractivity (Wildman–Crippen MR) is 66.3 cm³/mol. The molecule has 2 aromatic rings. The van der Waals surface area contributed by atoms with Crippen LogP contribution >= 0.6 is 0 Å². The summed E-state index contributed by atoms with van der Waals surface area (Å²) >= 11 is 0. The van der Waals surface area contributed by atoms with E-state index < -0.39 is 0 Å². The highest BCUT2D eigenvalue weighted by molar-refractivity contribution is 5.14. The van der Waals surface area contributed by atoms with Crippen molar-refractivity contribution in [3.8, 4) is 0 Å². The van der Waals surface area contributed by atoms with Crippen molar-refractivity contribution < 1.29 is 4.57 Å². The van der Waals surface area contributed by atoms with E-state index in [4.69, 9.17) is 0 Å². The van der Waals surface area contributed by atoms with Crippen molar-refractivity contribution in [3.63, 3.8) is 0 Å². The topological polar surface area (TPSA) is 3.88 Å². The van der Waals surface area contributed by atoms with E-state index >= 15 is 0 Å². The van der Waals surface area contributed by atoms with Gasteiger partial charge in [-0.3, -0.25) is 0 Å². The van der Waals surface area contributed by atoms with Gasteiger partial charge in [0.15, 0.2) is 18.4 Å². The van der Waals surface area contributed by atoms with Crippen LogP contribution in [0.3, 0.4) is 0 Å². The Hall–Kier alpha value is -1.63. The Labute approximate surface area is 97.4 Å². The van der Waals surface area contributed by atoms with Crippen LogP contribution in [0.2, 0.25) is 0 Å². The molecule has 0 fully saturated rings. The maximum Gasteiger partial charge on any atom is 0.178 e. The first kappa shape index (κ1) is 10.9. The Balaban J connectivity index is 2.27. The van der Waals surface area contributed by atoms with E-state index in [1.54, 1.807) is 0 Å². The van der Waals surface area contributed by atoms with Gasteiger partial charge in [-0.2, -0.15) is 4.57 Å². The van der Waals surface area contributed by atoms with Crippen molar-refractivity contribution in [2.45, 2.75) is 26.8 Å². The lowest BCUT2D eigenvalue weighted by molar-refractivity contribution is -0.694. The van der Waals surface area contributed by atoms with Gasteiger partial charge < -0.3 is 0 Å². The second kappa shape index (κ2) is 4.93. The van der Waals surface area contributed by atoms with Gasteiger partial charge >= 0.3 is 0 Å². The van der Waals surface area contributed by atoms with Gasteiger partial charge in [0.1, 0.15) is 0 Å². The van der Waals surface area contributed by atoms with Crippen LogP contribution in [0.4, 0.5) is 0 Å². The molecule has 0 saturated heterocycles. The monoisotopic (exact) mass is 212 g/mol. The van der Waals surface area contributed by atoms with Gasteiger partial charge in [0.25, 0.3) is 0 Å². The lowest BCUT2D eigenvalue weighted by Gasteiger charge is -2.02. The summed E-state index contributed by atoms with van der Waals surface area (Å²) in [4.78, 5) is 0. The molecule has 16 heavy (non-hydrogen) atoms. The van der Waals surface area contributed by atoms with Crippen LogP contribution in [-0.4, -0.2) is 0 Å². The summed E-state index contributed by atoms with van der Waals surface area (Å²) < 4.78 is 2.31. The third-order valence-electron chi connectivity index (χ3n) is 2.92. The summed E-state index contributed by atoms with van der Waals surface area (Å²) in [5.74, 6) is 0. The minimum atomic E-state index is 0.959. The zero-order valence-corrected chi connectivity index (χ0v) is 9.98. The fourth-order valence-corrected chi connectivity index (χ4v) is 1.83. The molecule has 0 saturated carbocycles.